The zero-order valence-corrected chi connectivity index (χ0v) is 20.5. The van der Waals surface area contributed by atoms with Crippen molar-refractivity contribution in [2.45, 2.75) is 45.6 Å². The molecule has 34 heavy (non-hydrogen) atoms. The van der Waals surface area contributed by atoms with E-state index in [9.17, 15) is 9.59 Å². The predicted octanol–water partition coefficient (Wildman–Crippen LogP) is 3.86. The third-order valence-corrected chi connectivity index (χ3v) is 7.52. The molecule has 2 aromatic carbocycles. The van der Waals surface area contributed by atoms with Gasteiger partial charge in [0.2, 0.25) is 5.91 Å². The smallest absolute Gasteiger partial charge is 0.253 e. The Morgan fingerprint density at radius 3 is 2.15 bits per heavy atom. The van der Waals surface area contributed by atoms with Crippen molar-refractivity contribution in [2.75, 3.05) is 55.6 Å². The summed E-state index contributed by atoms with van der Waals surface area (Å²) in [6, 6.07) is 14.6. The number of anilines is 2. The molecule has 5 rings (SSSR count). The molecule has 3 saturated heterocycles. The number of aryl methyl sites for hydroxylation is 2. The second kappa shape index (κ2) is 9.79. The number of hydrogen-bond acceptors (Lipinski definition) is 4. The van der Waals surface area contributed by atoms with E-state index in [2.05, 4.69) is 41.8 Å². The van der Waals surface area contributed by atoms with Crippen LogP contribution in [-0.2, 0) is 4.79 Å². The zero-order valence-electron chi connectivity index (χ0n) is 20.5. The molecule has 0 saturated carbocycles. The molecule has 6 nitrogen and oxygen atoms in total. The molecular weight excluding hydrogens is 424 g/mol. The van der Waals surface area contributed by atoms with E-state index in [1.807, 2.05) is 34.1 Å². The monoisotopic (exact) mass is 460 g/mol. The minimum Gasteiger partial charge on any atom is -0.368 e. The van der Waals surface area contributed by atoms with Crippen LogP contribution in [0.4, 0.5) is 11.4 Å². The Balaban J connectivity index is 1.21. The van der Waals surface area contributed by atoms with Crippen molar-refractivity contribution in [3.63, 3.8) is 0 Å². The van der Waals surface area contributed by atoms with E-state index >= 15 is 0 Å². The molecule has 2 aromatic rings. The normalized spacial score (nSPS) is 21.5. The molecule has 6 heteroatoms. The lowest BCUT2D eigenvalue weighted by molar-refractivity contribution is -0.117. The molecule has 180 valence electrons. The van der Waals surface area contributed by atoms with Gasteiger partial charge < -0.3 is 19.6 Å². The van der Waals surface area contributed by atoms with Gasteiger partial charge >= 0.3 is 0 Å². The van der Waals surface area contributed by atoms with E-state index in [0.717, 1.165) is 57.9 Å². The van der Waals surface area contributed by atoms with Crippen LogP contribution in [0.5, 0.6) is 0 Å². The van der Waals surface area contributed by atoms with Gasteiger partial charge in [-0.05, 0) is 93.7 Å². The van der Waals surface area contributed by atoms with Crippen LogP contribution in [0.2, 0.25) is 0 Å². The molecule has 3 fully saturated rings. The van der Waals surface area contributed by atoms with Gasteiger partial charge in [0, 0.05) is 56.1 Å². The molecule has 3 heterocycles. The summed E-state index contributed by atoms with van der Waals surface area (Å²) in [6.07, 6.45) is 4.05. The maximum Gasteiger partial charge on any atom is 0.253 e. The first kappa shape index (κ1) is 22.9. The molecule has 2 amide bonds. The second-order valence-electron chi connectivity index (χ2n) is 10.1. The van der Waals surface area contributed by atoms with Gasteiger partial charge in [-0.15, -0.1) is 0 Å². The fourth-order valence-electron chi connectivity index (χ4n) is 5.78. The van der Waals surface area contributed by atoms with Gasteiger partial charge in [-0.25, -0.2) is 0 Å². The number of hydrogen-bond donors (Lipinski definition) is 0. The molecule has 1 atom stereocenters. The summed E-state index contributed by atoms with van der Waals surface area (Å²) in [5.41, 5.74) is 5.41. The van der Waals surface area contributed by atoms with Crippen LogP contribution < -0.4 is 9.80 Å². The lowest BCUT2D eigenvalue weighted by Gasteiger charge is -2.36. The minimum atomic E-state index is 0.0768. The highest BCUT2D eigenvalue weighted by molar-refractivity contribution is 5.98. The van der Waals surface area contributed by atoms with E-state index in [-0.39, 0.29) is 17.9 Å². The molecule has 0 bridgehead atoms. The maximum absolute atomic E-state index is 13.2. The Labute approximate surface area is 203 Å². The minimum absolute atomic E-state index is 0.0768. The quantitative estimate of drug-likeness (QED) is 0.680. The first-order chi connectivity index (χ1) is 16.5. The summed E-state index contributed by atoms with van der Waals surface area (Å²) in [5.74, 6) is 0.277. The van der Waals surface area contributed by atoms with E-state index in [1.165, 1.54) is 29.7 Å². The lowest BCUT2D eigenvalue weighted by atomic mass is 10.1. The third-order valence-electron chi connectivity index (χ3n) is 7.52. The number of carbonyl (C=O) groups is 2. The number of piperazine rings is 1. The summed E-state index contributed by atoms with van der Waals surface area (Å²) < 4.78 is 0. The molecule has 3 aliphatic rings. The summed E-state index contributed by atoms with van der Waals surface area (Å²) in [5, 5.41) is 0. The van der Waals surface area contributed by atoms with Crippen molar-refractivity contribution < 1.29 is 9.59 Å². The van der Waals surface area contributed by atoms with Crippen LogP contribution >= 0.6 is 0 Å². The Kier molecular flexibility index (Phi) is 6.59. The van der Waals surface area contributed by atoms with Gasteiger partial charge in [-0.2, -0.15) is 0 Å². The first-order valence-electron chi connectivity index (χ1n) is 12.7. The topological polar surface area (TPSA) is 47.1 Å². The average Bonchev–Trinajstić information content (AvgIpc) is 3.48. The van der Waals surface area contributed by atoms with Crippen molar-refractivity contribution in [3.05, 3.63) is 59.2 Å². The molecule has 0 aliphatic carbocycles. The molecule has 0 radical (unpaired) electrons. The zero-order chi connectivity index (χ0) is 23.7. The highest BCUT2D eigenvalue weighted by Gasteiger charge is 2.34. The van der Waals surface area contributed by atoms with E-state index < -0.39 is 0 Å². The van der Waals surface area contributed by atoms with Gasteiger partial charge in [0.15, 0.2) is 0 Å². The van der Waals surface area contributed by atoms with Gasteiger partial charge in [-0.1, -0.05) is 6.07 Å². The summed E-state index contributed by atoms with van der Waals surface area (Å²) >= 11 is 0. The predicted molar refractivity (Wildman–Crippen MR) is 137 cm³/mol. The van der Waals surface area contributed by atoms with Crippen molar-refractivity contribution in [1.29, 1.82) is 0 Å². The van der Waals surface area contributed by atoms with Crippen molar-refractivity contribution in [2.24, 2.45) is 0 Å². The van der Waals surface area contributed by atoms with Crippen LogP contribution in [0.15, 0.2) is 42.5 Å². The number of carbonyl (C=O) groups excluding carboxylic acids is 2. The average molecular weight is 461 g/mol. The fourth-order valence-corrected chi connectivity index (χ4v) is 5.78. The highest BCUT2D eigenvalue weighted by atomic mass is 16.2. The highest BCUT2D eigenvalue weighted by Crippen LogP contribution is 2.29. The standard InChI is InChI=1S/C28H36N4O2/c1-21-17-22(2)19-26(18-21)30-13-15-31(16-14-30)28(34)23-5-7-24(8-6-23)32-25(9-10-27(32)33)20-29-11-3-4-12-29/h5-8,17-19,25H,3-4,9-16,20H2,1-2H3/t25-/m0/s1. The Hall–Kier alpha value is -2.86. The SMILES string of the molecule is Cc1cc(C)cc(N2CCN(C(=O)c3ccc(N4C(=O)CC[C@H]4CN4CCCC4)cc3)CC2)c1. The Morgan fingerprint density at radius 1 is 0.853 bits per heavy atom. The van der Waals surface area contributed by atoms with Gasteiger partial charge in [0.05, 0.1) is 6.04 Å². The summed E-state index contributed by atoms with van der Waals surface area (Å²) in [4.78, 5) is 34.6. The van der Waals surface area contributed by atoms with Gasteiger partial charge in [-0.3, -0.25) is 9.59 Å². The van der Waals surface area contributed by atoms with Crippen molar-refractivity contribution in [3.8, 4) is 0 Å². The first-order valence-corrected chi connectivity index (χ1v) is 12.7. The third kappa shape index (κ3) is 4.83. The van der Waals surface area contributed by atoms with Crippen LogP contribution in [0.3, 0.4) is 0 Å². The molecule has 0 aromatic heterocycles. The molecular formula is C28H36N4O2. The van der Waals surface area contributed by atoms with Crippen LogP contribution in [0.25, 0.3) is 0 Å². The largest absolute Gasteiger partial charge is 0.368 e. The number of likely N-dealkylation sites (tertiary alicyclic amines) is 1. The van der Waals surface area contributed by atoms with Crippen LogP contribution in [0, 0.1) is 13.8 Å². The van der Waals surface area contributed by atoms with Crippen molar-refractivity contribution in [1.82, 2.24) is 9.80 Å². The summed E-state index contributed by atoms with van der Waals surface area (Å²) in [6.45, 7) is 10.6. The van der Waals surface area contributed by atoms with Gasteiger partial charge in [0.1, 0.15) is 0 Å². The second-order valence-corrected chi connectivity index (χ2v) is 10.1. The molecule has 0 N–H and O–H groups in total. The number of nitrogens with zero attached hydrogens (tertiary/aromatic N) is 4. The maximum atomic E-state index is 13.2. The van der Waals surface area contributed by atoms with Crippen LogP contribution in [-0.4, -0.2) is 73.5 Å². The van der Waals surface area contributed by atoms with E-state index in [0.29, 0.717) is 12.0 Å². The Morgan fingerprint density at radius 2 is 1.50 bits per heavy atom. The van der Waals surface area contributed by atoms with Gasteiger partial charge in [0.25, 0.3) is 5.91 Å². The molecule has 3 aliphatic heterocycles. The number of amides is 2. The number of rotatable bonds is 5. The van der Waals surface area contributed by atoms with Crippen molar-refractivity contribution >= 4 is 23.2 Å². The number of benzene rings is 2. The Bertz CT molecular complexity index is 1020. The van der Waals surface area contributed by atoms with E-state index in [1.54, 1.807) is 0 Å². The lowest BCUT2D eigenvalue weighted by Crippen LogP contribution is -2.48. The van der Waals surface area contributed by atoms with Crippen LogP contribution in [0.1, 0.15) is 47.2 Å². The molecule has 0 spiro atoms. The summed E-state index contributed by atoms with van der Waals surface area (Å²) in [7, 11) is 0. The van der Waals surface area contributed by atoms with E-state index in [4.69, 9.17) is 0 Å². The fraction of sp³-hybridized carbons (Fsp3) is 0.500. The molecule has 0 unspecified atom stereocenters.